The number of hydrogen-bond donors (Lipinski definition) is 0. The summed E-state index contributed by atoms with van der Waals surface area (Å²) in [4.78, 5) is 49.5. The van der Waals surface area contributed by atoms with E-state index in [0.717, 1.165) is 11.4 Å². The van der Waals surface area contributed by atoms with E-state index in [4.69, 9.17) is 16.3 Å². The number of likely N-dealkylation sites (N-methyl/N-ethyl adjacent to an activating group) is 1. The first-order valence-electron chi connectivity index (χ1n) is 10.1. The van der Waals surface area contributed by atoms with Gasteiger partial charge in [0.05, 0.1) is 13.2 Å². The molecule has 0 radical (unpaired) electrons. The highest BCUT2D eigenvalue weighted by Crippen LogP contribution is 2.38. The number of carbonyl (C=O) groups excluding carboxylic acids is 3. The number of benzene rings is 1. The molecule has 0 aliphatic carbocycles. The molecule has 164 valence electrons. The van der Waals surface area contributed by atoms with E-state index in [1.807, 2.05) is 24.8 Å². The van der Waals surface area contributed by atoms with Gasteiger partial charge in [-0.3, -0.25) is 19.4 Å². The fourth-order valence-electron chi connectivity index (χ4n) is 4.15. The predicted molar refractivity (Wildman–Crippen MR) is 114 cm³/mol. The number of aliphatic imine (C=N–C) groups is 1. The van der Waals surface area contributed by atoms with Crippen LogP contribution in [0.4, 0.5) is 4.79 Å². The number of urea groups is 1. The SMILES string of the molecule is CCOC(=O)CN1C2=NC3C(C(=O)N(Cc4ccccc4Cl)C(=O)N3C)N2C(C)=C1C. The summed E-state index contributed by atoms with van der Waals surface area (Å²) in [5.74, 6) is -0.257. The van der Waals surface area contributed by atoms with Crippen LogP contribution in [-0.2, 0) is 20.9 Å². The molecule has 3 amide bonds. The molecular formula is C21H24ClN5O4. The van der Waals surface area contributed by atoms with Crippen molar-refractivity contribution in [1.29, 1.82) is 0 Å². The minimum atomic E-state index is -0.706. The van der Waals surface area contributed by atoms with E-state index >= 15 is 0 Å². The smallest absolute Gasteiger partial charge is 0.328 e. The number of halogens is 1. The van der Waals surface area contributed by atoms with Gasteiger partial charge in [-0.25, -0.2) is 9.79 Å². The maximum atomic E-state index is 13.5. The van der Waals surface area contributed by atoms with E-state index in [0.29, 0.717) is 16.5 Å². The first-order chi connectivity index (χ1) is 14.8. The van der Waals surface area contributed by atoms with Gasteiger partial charge in [-0.1, -0.05) is 29.8 Å². The molecule has 31 heavy (non-hydrogen) atoms. The Balaban J connectivity index is 1.65. The predicted octanol–water partition coefficient (Wildman–Crippen LogP) is 2.23. The lowest BCUT2D eigenvalue weighted by Crippen LogP contribution is -2.64. The number of guanidine groups is 1. The van der Waals surface area contributed by atoms with Gasteiger partial charge in [-0.2, -0.15) is 0 Å². The highest BCUT2D eigenvalue weighted by atomic mass is 35.5. The van der Waals surface area contributed by atoms with Gasteiger partial charge >= 0.3 is 12.0 Å². The Morgan fingerprint density at radius 3 is 2.55 bits per heavy atom. The molecule has 0 saturated carbocycles. The number of hydrogen-bond acceptors (Lipinski definition) is 7. The van der Waals surface area contributed by atoms with Crippen molar-refractivity contribution in [3.63, 3.8) is 0 Å². The molecule has 3 aliphatic rings. The molecule has 0 aromatic heterocycles. The molecular weight excluding hydrogens is 422 g/mol. The maximum Gasteiger partial charge on any atom is 0.328 e. The number of imide groups is 1. The van der Waals surface area contributed by atoms with E-state index in [-0.39, 0.29) is 31.6 Å². The number of carbonyl (C=O) groups is 3. The van der Waals surface area contributed by atoms with Crippen molar-refractivity contribution >= 4 is 35.5 Å². The highest BCUT2D eigenvalue weighted by molar-refractivity contribution is 6.31. The van der Waals surface area contributed by atoms with Crippen molar-refractivity contribution in [3.8, 4) is 0 Å². The minimum absolute atomic E-state index is 0.0129. The largest absolute Gasteiger partial charge is 0.465 e. The molecule has 4 rings (SSSR count). The Morgan fingerprint density at radius 1 is 1.16 bits per heavy atom. The fraction of sp³-hybridized carbons (Fsp3) is 0.429. The summed E-state index contributed by atoms with van der Waals surface area (Å²) in [5.41, 5.74) is 2.31. The Bertz CT molecular complexity index is 1020. The summed E-state index contributed by atoms with van der Waals surface area (Å²) in [5, 5.41) is 0.491. The summed E-state index contributed by atoms with van der Waals surface area (Å²) < 4.78 is 5.08. The molecule has 9 nitrogen and oxygen atoms in total. The Kier molecular flexibility index (Phi) is 5.38. The van der Waals surface area contributed by atoms with Crippen LogP contribution in [0.5, 0.6) is 0 Å². The standard InChI is InChI=1S/C21H24ClN5O4/c1-5-31-16(28)11-25-12(2)13(3)27-17-18(23-20(25)27)24(4)21(30)26(19(17)29)10-14-8-6-7-9-15(14)22/h6-9,17-18H,5,10-11H2,1-4H3. The van der Waals surface area contributed by atoms with Crippen LogP contribution in [0.1, 0.15) is 26.3 Å². The van der Waals surface area contributed by atoms with Gasteiger partial charge in [0.1, 0.15) is 6.54 Å². The molecule has 10 heteroatoms. The Labute approximate surface area is 185 Å². The third kappa shape index (κ3) is 3.33. The van der Waals surface area contributed by atoms with Crippen LogP contribution in [0.2, 0.25) is 5.02 Å². The fourth-order valence-corrected chi connectivity index (χ4v) is 4.34. The quantitative estimate of drug-likeness (QED) is 0.646. The summed E-state index contributed by atoms with van der Waals surface area (Å²) >= 11 is 6.26. The zero-order valence-electron chi connectivity index (χ0n) is 17.8. The second-order valence-electron chi connectivity index (χ2n) is 7.63. The number of amides is 3. The first-order valence-corrected chi connectivity index (χ1v) is 10.4. The van der Waals surface area contributed by atoms with Crippen LogP contribution in [0.15, 0.2) is 40.7 Å². The number of allylic oxidation sites excluding steroid dienone is 2. The molecule has 1 saturated heterocycles. The molecule has 3 heterocycles. The average Bonchev–Trinajstić information content (AvgIpc) is 3.23. The molecule has 2 unspecified atom stereocenters. The van der Waals surface area contributed by atoms with Crippen LogP contribution in [0, 0.1) is 0 Å². The lowest BCUT2D eigenvalue weighted by atomic mass is 10.1. The van der Waals surface area contributed by atoms with Crippen molar-refractivity contribution < 1.29 is 19.1 Å². The van der Waals surface area contributed by atoms with Gasteiger partial charge in [0.15, 0.2) is 12.2 Å². The monoisotopic (exact) mass is 445 g/mol. The molecule has 1 fully saturated rings. The zero-order valence-corrected chi connectivity index (χ0v) is 18.6. The maximum absolute atomic E-state index is 13.5. The normalized spacial score (nSPS) is 22.8. The summed E-state index contributed by atoms with van der Waals surface area (Å²) in [7, 11) is 1.62. The van der Waals surface area contributed by atoms with Crippen molar-refractivity contribution in [3.05, 3.63) is 46.2 Å². The van der Waals surface area contributed by atoms with Crippen LogP contribution >= 0.6 is 11.6 Å². The third-order valence-corrected chi connectivity index (χ3v) is 6.25. The van der Waals surface area contributed by atoms with Gasteiger partial charge in [0.25, 0.3) is 5.91 Å². The number of ether oxygens (including phenoxy) is 1. The number of rotatable bonds is 5. The van der Waals surface area contributed by atoms with Crippen molar-refractivity contribution in [2.45, 2.75) is 39.5 Å². The molecule has 0 bridgehead atoms. The van der Waals surface area contributed by atoms with E-state index in [1.54, 1.807) is 37.1 Å². The molecule has 1 aromatic carbocycles. The second-order valence-corrected chi connectivity index (χ2v) is 8.04. The van der Waals surface area contributed by atoms with Crippen molar-refractivity contribution in [1.82, 2.24) is 19.6 Å². The van der Waals surface area contributed by atoms with Crippen LogP contribution in [0.25, 0.3) is 0 Å². The van der Waals surface area contributed by atoms with E-state index in [9.17, 15) is 14.4 Å². The van der Waals surface area contributed by atoms with Crippen LogP contribution in [-0.4, -0.2) is 75.9 Å². The van der Waals surface area contributed by atoms with Gasteiger partial charge in [0.2, 0.25) is 5.96 Å². The van der Waals surface area contributed by atoms with Crippen LogP contribution < -0.4 is 0 Å². The number of fused-ring (bicyclic) bond motifs is 3. The van der Waals surface area contributed by atoms with Crippen molar-refractivity contribution in [2.75, 3.05) is 20.2 Å². The highest BCUT2D eigenvalue weighted by Gasteiger charge is 2.55. The second kappa shape index (κ2) is 7.88. The van der Waals surface area contributed by atoms with E-state index in [2.05, 4.69) is 4.99 Å². The average molecular weight is 446 g/mol. The summed E-state index contributed by atoms with van der Waals surface area (Å²) in [6.45, 7) is 5.83. The Morgan fingerprint density at radius 2 is 1.87 bits per heavy atom. The topological polar surface area (TPSA) is 85.8 Å². The first kappa shape index (κ1) is 21.2. The third-order valence-electron chi connectivity index (χ3n) is 5.88. The van der Waals surface area contributed by atoms with Gasteiger partial charge in [0, 0.05) is 23.5 Å². The molecule has 0 N–H and O–H groups in total. The molecule has 3 aliphatic heterocycles. The number of nitrogens with zero attached hydrogens (tertiary/aromatic N) is 5. The molecule has 2 atom stereocenters. The zero-order chi connectivity index (χ0) is 22.4. The summed E-state index contributed by atoms with van der Waals surface area (Å²) in [6, 6.07) is 5.98. The minimum Gasteiger partial charge on any atom is -0.465 e. The molecule has 1 aromatic rings. The van der Waals surface area contributed by atoms with E-state index in [1.165, 1.54) is 9.80 Å². The number of esters is 1. The van der Waals surface area contributed by atoms with E-state index < -0.39 is 18.2 Å². The lowest BCUT2D eigenvalue weighted by Gasteiger charge is -2.40. The summed E-state index contributed by atoms with van der Waals surface area (Å²) in [6.07, 6.45) is -0.676. The van der Waals surface area contributed by atoms with Gasteiger partial charge < -0.3 is 14.5 Å². The van der Waals surface area contributed by atoms with Crippen molar-refractivity contribution in [2.24, 2.45) is 4.99 Å². The Hall–Kier alpha value is -3.07. The van der Waals surface area contributed by atoms with Gasteiger partial charge in [-0.15, -0.1) is 0 Å². The van der Waals surface area contributed by atoms with Gasteiger partial charge in [-0.05, 0) is 32.4 Å². The lowest BCUT2D eigenvalue weighted by molar-refractivity contribution is -0.143. The molecule has 0 spiro atoms. The van der Waals surface area contributed by atoms with Crippen LogP contribution in [0.3, 0.4) is 0 Å².